The molecule has 0 spiro atoms. The number of hydrazine groups is 1. The minimum Gasteiger partial charge on any atom is -0.481 e. The number of carbonyl (C=O) groups is 3. The van der Waals surface area contributed by atoms with Crippen LogP contribution < -0.4 is 5.43 Å². The van der Waals surface area contributed by atoms with Gasteiger partial charge in [0.1, 0.15) is 0 Å². The third kappa shape index (κ3) is 6.66. The van der Waals surface area contributed by atoms with E-state index >= 15 is 0 Å². The van der Waals surface area contributed by atoms with E-state index in [1.165, 1.54) is 22.0 Å². The maximum Gasteiger partial charge on any atom is 0.303 e. The standard InChI is InChI=1S/C31H35Cl2N3O5S/c1-35(2)30(26-10-7-19-42-26)17-15-23(16-18-30)36(27(37)11-6-12-28(38)39)34-29(40)31(41,21-8-4-3-5-9-21)24-20-22(32)13-14-25(24)33/h3-5,7-10,13-14,19-20,23,41H,6,11-12,15-18H2,1-2H3,(H,34,40)(H,38,39). The Bertz CT molecular complexity index is 1390. The number of amides is 2. The highest BCUT2D eigenvalue weighted by Gasteiger charge is 2.46. The van der Waals surface area contributed by atoms with Crippen molar-refractivity contribution in [2.75, 3.05) is 14.1 Å². The van der Waals surface area contributed by atoms with E-state index in [0.29, 0.717) is 12.8 Å². The summed E-state index contributed by atoms with van der Waals surface area (Å²) in [5.41, 5.74) is 0.580. The number of rotatable bonds is 10. The fourth-order valence-electron chi connectivity index (χ4n) is 5.72. The van der Waals surface area contributed by atoms with Gasteiger partial charge in [0.05, 0.1) is 11.6 Å². The van der Waals surface area contributed by atoms with E-state index in [2.05, 4.69) is 21.8 Å². The third-order valence-corrected chi connectivity index (χ3v) is 9.72. The Labute approximate surface area is 259 Å². The molecule has 0 aliphatic heterocycles. The molecule has 0 saturated heterocycles. The first-order valence-electron chi connectivity index (χ1n) is 13.8. The van der Waals surface area contributed by atoms with Crippen LogP contribution in [0.15, 0.2) is 66.0 Å². The Morgan fingerprint density at radius 2 is 1.71 bits per heavy atom. The molecule has 42 heavy (non-hydrogen) atoms. The van der Waals surface area contributed by atoms with Gasteiger partial charge in [-0.1, -0.05) is 59.6 Å². The van der Waals surface area contributed by atoms with E-state index in [0.717, 1.165) is 12.8 Å². The molecular formula is C31H35Cl2N3O5S. The van der Waals surface area contributed by atoms with Crippen molar-refractivity contribution in [3.63, 3.8) is 0 Å². The first-order valence-corrected chi connectivity index (χ1v) is 15.4. The molecule has 0 bridgehead atoms. The topological polar surface area (TPSA) is 110 Å². The minimum absolute atomic E-state index is 0.0749. The smallest absolute Gasteiger partial charge is 0.303 e. The van der Waals surface area contributed by atoms with Crippen LogP contribution in [-0.2, 0) is 25.5 Å². The van der Waals surface area contributed by atoms with Crippen LogP contribution in [0.3, 0.4) is 0 Å². The molecule has 1 aromatic heterocycles. The monoisotopic (exact) mass is 631 g/mol. The molecule has 1 unspecified atom stereocenters. The number of carbonyl (C=O) groups excluding carboxylic acids is 2. The average molecular weight is 633 g/mol. The summed E-state index contributed by atoms with van der Waals surface area (Å²) in [4.78, 5) is 42.3. The van der Waals surface area contributed by atoms with Crippen LogP contribution in [0.4, 0.5) is 0 Å². The zero-order chi connectivity index (χ0) is 30.5. The van der Waals surface area contributed by atoms with Crippen LogP contribution in [0.1, 0.15) is 60.9 Å². The Hall–Kier alpha value is -2.95. The van der Waals surface area contributed by atoms with E-state index in [1.807, 2.05) is 20.2 Å². The first-order chi connectivity index (χ1) is 20.0. The first kappa shape index (κ1) is 32.0. The lowest BCUT2D eigenvalue weighted by atomic mass is 9.77. The van der Waals surface area contributed by atoms with Gasteiger partial charge in [-0.15, -0.1) is 11.3 Å². The molecule has 11 heteroatoms. The molecule has 2 aromatic carbocycles. The Morgan fingerprint density at radius 1 is 1.02 bits per heavy atom. The van der Waals surface area contributed by atoms with Crippen molar-refractivity contribution in [3.8, 4) is 0 Å². The fourth-order valence-corrected chi connectivity index (χ4v) is 7.21. The number of benzene rings is 2. The van der Waals surface area contributed by atoms with Crippen LogP contribution in [0.2, 0.25) is 10.0 Å². The Morgan fingerprint density at radius 3 is 2.31 bits per heavy atom. The van der Waals surface area contributed by atoms with Crippen molar-refractivity contribution in [1.29, 1.82) is 0 Å². The summed E-state index contributed by atoms with van der Waals surface area (Å²) in [7, 11) is 4.09. The van der Waals surface area contributed by atoms with Crippen molar-refractivity contribution in [2.24, 2.45) is 0 Å². The van der Waals surface area contributed by atoms with Gasteiger partial charge in [0.25, 0.3) is 5.91 Å². The average Bonchev–Trinajstić information content (AvgIpc) is 3.52. The molecule has 1 fully saturated rings. The van der Waals surface area contributed by atoms with Gasteiger partial charge in [0, 0.05) is 33.3 Å². The minimum atomic E-state index is -2.28. The SMILES string of the molecule is CN(C)C1(c2cccs2)CCC(N(NC(=O)C(O)(c2ccccc2)c2cc(Cl)ccc2Cl)C(=O)CCCC(=O)O)CC1. The van der Waals surface area contributed by atoms with E-state index < -0.39 is 23.4 Å². The van der Waals surface area contributed by atoms with Gasteiger partial charge in [0.2, 0.25) is 5.91 Å². The van der Waals surface area contributed by atoms with Crippen LogP contribution in [0, 0.1) is 0 Å². The lowest BCUT2D eigenvalue weighted by molar-refractivity contribution is -0.154. The summed E-state index contributed by atoms with van der Waals surface area (Å²) in [5, 5.41) is 25.0. The summed E-state index contributed by atoms with van der Waals surface area (Å²) in [5.74, 6) is -2.29. The normalized spacial score (nSPS) is 20.1. The van der Waals surface area contributed by atoms with Gasteiger partial charge in [0.15, 0.2) is 5.60 Å². The number of thiophene rings is 1. The molecule has 1 saturated carbocycles. The van der Waals surface area contributed by atoms with Gasteiger partial charge < -0.3 is 10.2 Å². The number of aliphatic hydroxyl groups is 1. The quantitative estimate of drug-likeness (QED) is 0.244. The summed E-state index contributed by atoms with van der Waals surface area (Å²) in [6.07, 6.45) is 2.52. The van der Waals surface area contributed by atoms with Crippen molar-refractivity contribution in [2.45, 2.75) is 62.1 Å². The zero-order valence-corrected chi connectivity index (χ0v) is 25.9. The summed E-state index contributed by atoms with van der Waals surface area (Å²) < 4.78 is 0. The van der Waals surface area contributed by atoms with Crippen molar-refractivity contribution in [1.82, 2.24) is 15.3 Å². The molecule has 8 nitrogen and oxygen atoms in total. The van der Waals surface area contributed by atoms with Gasteiger partial charge in [-0.3, -0.25) is 29.7 Å². The predicted molar refractivity (Wildman–Crippen MR) is 164 cm³/mol. The molecule has 224 valence electrons. The summed E-state index contributed by atoms with van der Waals surface area (Å²) >= 11 is 14.4. The third-order valence-electron chi connectivity index (χ3n) is 8.09. The second-order valence-corrected chi connectivity index (χ2v) is 12.6. The summed E-state index contributed by atoms with van der Waals surface area (Å²) in [6, 6.07) is 16.6. The van der Waals surface area contributed by atoms with Crippen molar-refractivity contribution >= 4 is 52.3 Å². The number of halogens is 2. The van der Waals surface area contributed by atoms with Gasteiger partial charge in [-0.2, -0.15) is 0 Å². The molecule has 3 N–H and O–H groups in total. The van der Waals surface area contributed by atoms with Gasteiger partial charge in [-0.25, -0.2) is 0 Å². The van der Waals surface area contributed by atoms with E-state index in [4.69, 9.17) is 28.3 Å². The lowest BCUT2D eigenvalue weighted by Gasteiger charge is -2.47. The number of nitrogens with one attached hydrogen (secondary N) is 1. The number of carboxylic acids is 1. The lowest BCUT2D eigenvalue weighted by Crippen LogP contribution is -2.59. The van der Waals surface area contributed by atoms with Crippen molar-refractivity contribution < 1.29 is 24.6 Å². The van der Waals surface area contributed by atoms with Crippen LogP contribution >= 0.6 is 34.5 Å². The zero-order valence-electron chi connectivity index (χ0n) is 23.6. The largest absolute Gasteiger partial charge is 0.481 e. The Balaban J connectivity index is 1.67. The highest BCUT2D eigenvalue weighted by molar-refractivity contribution is 7.10. The number of aliphatic carboxylic acids is 1. The predicted octanol–water partition coefficient (Wildman–Crippen LogP) is 5.81. The summed E-state index contributed by atoms with van der Waals surface area (Å²) in [6.45, 7) is 0. The molecule has 1 atom stereocenters. The Kier molecular flexibility index (Phi) is 10.3. The highest BCUT2D eigenvalue weighted by Crippen LogP contribution is 2.44. The fraction of sp³-hybridized carbons (Fsp3) is 0.387. The van der Waals surface area contributed by atoms with E-state index in [1.54, 1.807) is 47.7 Å². The molecule has 3 aromatic rings. The maximum atomic E-state index is 14.1. The number of hydrogen-bond acceptors (Lipinski definition) is 6. The second-order valence-electron chi connectivity index (χ2n) is 10.8. The molecule has 0 radical (unpaired) electrons. The number of carboxylic acid groups (broad SMARTS) is 1. The van der Waals surface area contributed by atoms with E-state index in [-0.39, 0.29) is 52.0 Å². The van der Waals surface area contributed by atoms with Crippen LogP contribution in [0.25, 0.3) is 0 Å². The van der Waals surface area contributed by atoms with Crippen molar-refractivity contribution in [3.05, 3.63) is 92.1 Å². The molecule has 1 aliphatic carbocycles. The number of nitrogens with zero attached hydrogens (tertiary/aromatic N) is 2. The highest BCUT2D eigenvalue weighted by atomic mass is 35.5. The van der Waals surface area contributed by atoms with Gasteiger partial charge in [-0.05, 0) is 81.4 Å². The molecular weight excluding hydrogens is 597 g/mol. The molecule has 4 rings (SSSR count). The van der Waals surface area contributed by atoms with Crippen LogP contribution in [-0.4, -0.2) is 58.0 Å². The number of hydrogen-bond donors (Lipinski definition) is 3. The molecule has 1 aliphatic rings. The van der Waals surface area contributed by atoms with Crippen LogP contribution in [0.5, 0.6) is 0 Å². The molecule has 1 heterocycles. The second kappa shape index (κ2) is 13.6. The maximum absolute atomic E-state index is 14.1. The molecule has 2 amide bonds. The van der Waals surface area contributed by atoms with Gasteiger partial charge >= 0.3 is 5.97 Å². The van der Waals surface area contributed by atoms with E-state index in [9.17, 15) is 19.5 Å².